The fourth-order valence-corrected chi connectivity index (χ4v) is 12.8. The molecule has 3 aromatic rings. The standard InChI is InChI=1S/C72H107N11O15/c1-15-45(8)63(55(96-13)40-59(87)82-39-21-26-54(82)65(97-14)46(9)66(89)75-47(10)64(88)50-23-17-16-18-24-50)80(11)70(93)61(43(4)5)79-69(92)62(44(6)7)81(12)72(95)98-41-49-28-32-51(33-29-49)76-67(90)53(25-20-38-74-71(73)94)77-68(91)60(42(2)3)78-56(84)27-19-22-48-30-34-52(35-31-48)83-57(85)36-37-58(83)86/h16-18,23-24,28-35,42-47,53-55,60-65,88H,15,19-22,25-27,36-41H2,1-14H3,(H,75,89)(H,76,90)(H,77,91)(H,78,84)(H,79,92)(H3,73,74,94)/t45-,46+,47+,53-,54-,55+,60?,61?,62?,63-,64+,65+/m0/s1. The highest BCUT2D eigenvalue weighted by atomic mass is 16.6. The fraction of sp³-hybridized carbons (Fsp3) is 0.597. The number of likely N-dealkylation sites (N-methyl/N-ethyl adjacent to an activating group) is 2. The van der Waals surface area contributed by atoms with Crippen LogP contribution in [0.1, 0.15) is 156 Å². The maximum absolute atomic E-state index is 14.8. The lowest BCUT2D eigenvalue weighted by Gasteiger charge is -2.41. The molecule has 0 aromatic heterocycles. The lowest BCUT2D eigenvalue weighted by Crippen LogP contribution is -2.60. The van der Waals surface area contributed by atoms with Gasteiger partial charge in [-0.3, -0.25) is 53.0 Å². The van der Waals surface area contributed by atoms with Gasteiger partial charge in [0.25, 0.3) is 0 Å². The van der Waals surface area contributed by atoms with E-state index in [2.05, 4.69) is 31.9 Å². The van der Waals surface area contributed by atoms with Crippen molar-refractivity contribution >= 4 is 76.7 Å². The van der Waals surface area contributed by atoms with Gasteiger partial charge in [0.05, 0.1) is 54.5 Å². The Hall–Kier alpha value is -8.49. The minimum Gasteiger partial charge on any atom is -0.445 e. The monoisotopic (exact) mass is 1370 g/mol. The highest BCUT2D eigenvalue weighted by molar-refractivity contribution is 6.19. The van der Waals surface area contributed by atoms with Gasteiger partial charge in [0.2, 0.25) is 53.2 Å². The molecule has 12 atom stereocenters. The maximum atomic E-state index is 14.8. The average molecular weight is 1370 g/mol. The van der Waals surface area contributed by atoms with Crippen LogP contribution >= 0.6 is 0 Å². The summed E-state index contributed by atoms with van der Waals surface area (Å²) in [6.45, 7) is 18.4. The van der Waals surface area contributed by atoms with E-state index in [1.807, 2.05) is 32.0 Å². The van der Waals surface area contributed by atoms with Crippen LogP contribution in [-0.2, 0) is 70.4 Å². The summed E-state index contributed by atoms with van der Waals surface area (Å²) in [4.78, 5) is 154. The fourth-order valence-electron chi connectivity index (χ4n) is 12.8. The zero-order valence-electron chi connectivity index (χ0n) is 59.6. The average Bonchev–Trinajstić information content (AvgIpc) is 1.40. The number of rotatable bonds is 37. The van der Waals surface area contributed by atoms with Crippen molar-refractivity contribution in [2.24, 2.45) is 35.3 Å². The molecule has 2 saturated heterocycles. The van der Waals surface area contributed by atoms with E-state index in [0.717, 1.165) is 5.56 Å². The number of hydrogen-bond acceptors (Lipinski definition) is 15. The first-order chi connectivity index (χ1) is 46.4. The van der Waals surface area contributed by atoms with E-state index in [1.165, 1.54) is 31.1 Å². The number of carbonyl (C=O) groups is 11. The minimum absolute atomic E-state index is 0.0854. The van der Waals surface area contributed by atoms with E-state index in [1.54, 1.807) is 133 Å². The molecule has 9 N–H and O–H groups in total. The number of amides is 12. The number of likely N-dealkylation sites (tertiary alicyclic amines) is 1. The lowest BCUT2D eigenvalue weighted by atomic mass is 9.89. The number of imide groups is 1. The largest absolute Gasteiger partial charge is 0.445 e. The topological polar surface area (TPSA) is 347 Å². The number of nitrogens with two attached hydrogens (primary N) is 1. The van der Waals surface area contributed by atoms with Gasteiger partial charge < -0.3 is 66.8 Å². The van der Waals surface area contributed by atoms with Crippen molar-refractivity contribution in [1.82, 2.24) is 41.3 Å². The SMILES string of the molecule is CC[C@H](C)[C@@H]([C@@H](CC(=O)N1CCC[C@H]1[C@H](OC)[C@@H](C)C(=O)N[C@H](C)[C@@H](O)c1ccccc1)OC)N(C)C(=O)C(NC(=O)C(C(C)C)N(C)C(=O)OCc1ccc(NC(=O)[C@H](CCCNC(N)=O)NC(=O)C(NC(=O)CCCc2ccc(N3C(=O)CCC3=O)cc2)C(C)C)cc1)C(C)C. The maximum Gasteiger partial charge on any atom is 0.410 e. The zero-order valence-corrected chi connectivity index (χ0v) is 59.6. The van der Waals surface area contributed by atoms with Crippen LogP contribution in [0.2, 0.25) is 0 Å². The minimum atomic E-state index is -1.11. The second-order valence-electron chi connectivity index (χ2n) is 26.9. The molecule has 3 unspecified atom stereocenters. The summed E-state index contributed by atoms with van der Waals surface area (Å²) in [6.07, 6.45) is 0.331. The summed E-state index contributed by atoms with van der Waals surface area (Å²) in [5.41, 5.74) is 8.19. The first kappa shape index (κ1) is 80.2. The number of aliphatic hydroxyl groups is 1. The predicted octanol–water partition coefficient (Wildman–Crippen LogP) is 6.27. The first-order valence-electron chi connectivity index (χ1n) is 34.3. The zero-order chi connectivity index (χ0) is 72.7. The van der Waals surface area contributed by atoms with Crippen LogP contribution in [0.25, 0.3) is 0 Å². The van der Waals surface area contributed by atoms with Gasteiger partial charge in [0.15, 0.2) is 0 Å². The molecule has 26 heteroatoms. The van der Waals surface area contributed by atoms with Crippen molar-refractivity contribution in [1.29, 1.82) is 0 Å². The summed E-state index contributed by atoms with van der Waals surface area (Å²) < 4.78 is 17.8. The molecular weight excluding hydrogens is 1260 g/mol. The Kier molecular flexibility index (Phi) is 31.6. The molecule has 0 spiro atoms. The Balaban J connectivity index is 1.17. The van der Waals surface area contributed by atoms with Gasteiger partial charge in [0.1, 0.15) is 30.8 Å². The molecule has 0 radical (unpaired) electrons. The first-order valence-corrected chi connectivity index (χ1v) is 34.3. The molecule has 5 rings (SSSR count). The number of primary amides is 1. The van der Waals surface area contributed by atoms with Crippen LogP contribution in [-0.4, -0.2) is 181 Å². The highest BCUT2D eigenvalue weighted by Gasteiger charge is 2.44. The number of nitrogens with one attached hydrogen (secondary N) is 6. The summed E-state index contributed by atoms with van der Waals surface area (Å²) in [7, 11) is 6.08. The van der Waals surface area contributed by atoms with Crippen molar-refractivity contribution in [2.75, 3.05) is 51.6 Å². The van der Waals surface area contributed by atoms with E-state index < -0.39 is 114 Å². The molecule has 0 saturated carbocycles. The van der Waals surface area contributed by atoms with Crippen LogP contribution in [0.3, 0.4) is 0 Å². The smallest absolute Gasteiger partial charge is 0.410 e. The number of aliphatic hydroxyl groups excluding tert-OH is 1. The highest BCUT2D eigenvalue weighted by Crippen LogP contribution is 2.31. The molecule has 98 heavy (non-hydrogen) atoms. The summed E-state index contributed by atoms with van der Waals surface area (Å²) in [5.74, 6) is -5.74. The number of ether oxygens (including phenoxy) is 3. The van der Waals surface area contributed by atoms with Gasteiger partial charge in [-0.1, -0.05) is 123 Å². The van der Waals surface area contributed by atoms with Crippen molar-refractivity contribution < 1.29 is 72.1 Å². The molecule has 2 aliphatic rings. The molecule has 26 nitrogen and oxygen atoms in total. The van der Waals surface area contributed by atoms with E-state index in [4.69, 9.17) is 19.9 Å². The van der Waals surface area contributed by atoms with Crippen LogP contribution < -0.4 is 42.5 Å². The number of carbonyl (C=O) groups excluding carboxylic acids is 11. The Bertz CT molecular complexity index is 3150. The molecule has 2 aliphatic heterocycles. The number of hydrogen-bond donors (Lipinski definition) is 8. The van der Waals surface area contributed by atoms with Crippen molar-refractivity contribution in [2.45, 2.75) is 207 Å². The third-order valence-electron chi connectivity index (χ3n) is 18.6. The predicted molar refractivity (Wildman–Crippen MR) is 370 cm³/mol. The van der Waals surface area contributed by atoms with E-state index in [-0.39, 0.29) is 93.0 Å². The van der Waals surface area contributed by atoms with Crippen LogP contribution in [0.5, 0.6) is 0 Å². The third kappa shape index (κ3) is 22.5. The summed E-state index contributed by atoms with van der Waals surface area (Å²) >= 11 is 0. The Morgan fingerprint density at radius 3 is 1.89 bits per heavy atom. The van der Waals surface area contributed by atoms with Crippen LogP contribution in [0, 0.1) is 29.6 Å². The second kappa shape index (κ2) is 38.6. The van der Waals surface area contributed by atoms with Crippen molar-refractivity contribution in [3.63, 3.8) is 0 Å². The van der Waals surface area contributed by atoms with E-state index in [9.17, 15) is 57.8 Å². The number of benzene rings is 3. The van der Waals surface area contributed by atoms with Gasteiger partial charge >= 0.3 is 12.1 Å². The van der Waals surface area contributed by atoms with Crippen LogP contribution in [0.4, 0.5) is 21.0 Å². The number of urea groups is 1. The lowest BCUT2D eigenvalue weighted by molar-refractivity contribution is -0.148. The van der Waals surface area contributed by atoms with Gasteiger partial charge in [-0.05, 0) is 110 Å². The summed E-state index contributed by atoms with van der Waals surface area (Å²) in [6, 6.07) is 15.8. The van der Waals surface area contributed by atoms with Gasteiger partial charge in [0, 0.05) is 66.4 Å². The van der Waals surface area contributed by atoms with Gasteiger partial charge in [-0.25, -0.2) is 9.59 Å². The molecule has 12 amide bonds. The molecule has 0 bridgehead atoms. The molecule has 2 fully saturated rings. The van der Waals surface area contributed by atoms with Crippen molar-refractivity contribution in [3.8, 4) is 0 Å². The number of anilines is 2. The van der Waals surface area contributed by atoms with Crippen LogP contribution in [0.15, 0.2) is 78.9 Å². The quantitative estimate of drug-likeness (QED) is 0.0233. The molecule has 3 aromatic carbocycles. The number of methoxy groups -OCH3 is 2. The Morgan fingerprint density at radius 2 is 1.32 bits per heavy atom. The Labute approximate surface area is 577 Å². The number of aryl methyl sites for hydroxylation is 1. The number of nitrogens with zero attached hydrogens (tertiary/aromatic N) is 4. The molecule has 0 aliphatic carbocycles. The summed E-state index contributed by atoms with van der Waals surface area (Å²) in [5, 5.41) is 27.7. The van der Waals surface area contributed by atoms with Crippen molar-refractivity contribution in [3.05, 3.63) is 95.6 Å². The van der Waals surface area contributed by atoms with E-state index in [0.29, 0.717) is 61.2 Å². The molecule has 540 valence electrons. The third-order valence-corrected chi connectivity index (χ3v) is 18.6. The second-order valence-corrected chi connectivity index (χ2v) is 26.9. The van der Waals surface area contributed by atoms with Gasteiger partial charge in [-0.2, -0.15) is 0 Å². The van der Waals surface area contributed by atoms with E-state index >= 15 is 0 Å². The normalized spacial score (nSPS) is 17.3. The molecular formula is C72H107N11O15. The van der Waals surface area contributed by atoms with Gasteiger partial charge in [-0.15, -0.1) is 0 Å². The molecule has 2 heterocycles. The Morgan fingerprint density at radius 1 is 0.694 bits per heavy atom.